The lowest BCUT2D eigenvalue weighted by atomic mass is 10.2. The number of nitrogens with two attached hydrogens (primary N) is 2. The fourth-order valence-corrected chi connectivity index (χ4v) is 1.50. The van der Waals surface area contributed by atoms with Gasteiger partial charge in [0.1, 0.15) is 6.61 Å². The van der Waals surface area contributed by atoms with E-state index < -0.39 is 0 Å². The molecule has 0 aliphatic carbocycles. The van der Waals surface area contributed by atoms with E-state index in [1.54, 1.807) is 12.1 Å². The van der Waals surface area contributed by atoms with Gasteiger partial charge in [0.2, 0.25) is 0 Å². The molecule has 5 N–H and O–H groups in total. The number of rotatable bonds is 3. The minimum Gasteiger partial charge on any atom is -0.504 e. The molecule has 2 aromatic carbocycles. The first-order valence-electron chi connectivity index (χ1n) is 5.21. The average Bonchev–Trinajstić information content (AvgIpc) is 2.28. The van der Waals surface area contributed by atoms with E-state index in [0.717, 1.165) is 5.56 Å². The van der Waals surface area contributed by atoms with Crippen molar-refractivity contribution in [2.75, 3.05) is 11.5 Å². The van der Waals surface area contributed by atoms with Gasteiger partial charge < -0.3 is 21.3 Å². The quantitative estimate of drug-likeness (QED) is 0.705. The molecule has 0 aliphatic heterocycles. The molecule has 17 heavy (non-hydrogen) atoms. The van der Waals surface area contributed by atoms with Crippen LogP contribution in [0, 0.1) is 0 Å². The predicted molar refractivity (Wildman–Crippen MR) is 67.7 cm³/mol. The van der Waals surface area contributed by atoms with Gasteiger partial charge in [-0.05, 0) is 29.8 Å². The molecular formula is C13H14N2O2. The van der Waals surface area contributed by atoms with Crippen molar-refractivity contribution >= 4 is 11.4 Å². The number of ether oxygens (including phenoxy) is 1. The SMILES string of the molecule is Nc1cccc(COc2ccc(N)cc2O)c1. The first-order valence-corrected chi connectivity index (χ1v) is 5.21. The highest BCUT2D eigenvalue weighted by molar-refractivity contribution is 5.51. The minimum atomic E-state index is 0.0360. The molecule has 0 atom stereocenters. The van der Waals surface area contributed by atoms with Gasteiger partial charge in [-0.3, -0.25) is 0 Å². The number of hydrogen-bond acceptors (Lipinski definition) is 4. The Bertz CT molecular complexity index is 527. The number of phenols is 1. The summed E-state index contributed by atoms with van der Waals surface area (Å²) in [5, 5.41) is 9.59. The first-order chi connectivity index (χ1) is 8.15. The molecule has 0 saturated heterocycles. The molecule has 4 heteroatoms. The Balaban J connectivity index is 2.07. The maximum absolute atomic E-state index is 9.59. The molecule has 0 unspecified atom stereocenters. The van der Waals surface area contributed by atoms with Crippen LogP contribution in [0.2, 0.25) is 0 Å². The van der Waals surface area contributed by atoms with E-state index in [0.29, 0.717) is 23.7 Å². The van der Waals surface area contributed by atoms with E-state index in [1.165, 1.54) is 6.07 Å². The molecule has 0 fully saturated rings. The normalized spacial score (nSPS) is 10.1. The topological polar surface area (TPSA) is 81.5 Å². The summed E-state index contributed by atoms with van der Waals surface area (Å²) in [4.78, 5) is 0. The smallest absolute Gasteiger partial charge is 0.161 e. The molecule has 4 nitrogen and oxygen atoms in total. The highest BCUT2D eigenvalue weighted by atomic mass is 16.5. The van der Waals surface area contributed by atoms with Crippen molar-refractivity contribution in [2.45, 2.75) is 6.61 Å². The van der Waals surface area contributed by atoms with Gasteiger partial charge in [-0.25, -0.2) is 0 Å². The lowest BCUT2D eigenvalue weighted by molar-refractivity contribution is 0.289. The lowest BCUT2D eigenvalue weighted by Crippen LogP contribution is -1.97. The fourth-order valence-electron chi connectivity index (χ4n) is 1.50. The summed E-state index contributed by atoms with van der Waals surface area (Å²) >= 11 is 0. The Morgan fingerprint density at radius 3 is 2.47 bits per heavy atom. The Hall–Kier alpha value is -2.36. The number of aromatic hydroxyl groups is 1. The molecule has 0 saturated carbocycles. The number of benzene rings is 2. The van der Waals surface area contributed by atoms with Gasteiger partial charge in [0, 0.05) is 17.4 Å². The van der Waals surface area contributed by atoms with Gasteiger partial charge in [-0.2, -0.15) is 0 Å². The molecule has 0 radical (unpaired) electrons. The highest BCUT2D eigenvalue weighted by Gasteiger charge is 2.03. The van der Waals surface area contributed by atoms with E-state index >= 15 is 0 Å². The third-order valence-electron chi connectivity index (χ3n) is 2.33. The molecule has 0 heterocycles. The van der Waals surface area contributed by atoms with E-state index in [-0.39, 0.29) is 5.75 Å². The van der Waals surface area contributed by atoms with Crippen LogP contribution in [0.3, 0.4) is 0 Å². The summed E-state index contributed by atoms with van der Waals surface area (Å²) in [6.07, 6.45) is 0. The number of hydrogen-bond donors (Lipinski definition) is 3. The van der Waals surface area contributed by atoms with Crippen molar-refractivity contribution in [1.82, 2.24) is 0 Å². The second kappa shape index (κ2) is 4.65. The Morgan fingerprint density at radius 1 is 1.00 bits per heavy atom. The summed E-state index contributed by atoms with van der Waals surface area (Å²) in [7, 11) is 0. The zero-order valence-electron chi connectivity index (χ0n) is 9.26. The largest absolute Gasteiger partial charge is 0.504 e. The van der Waals surface area contributed by atoms with Gasteiger partial charge in [-0.1, -0.05) is 12.1 Å². The van der Waals surface area contributed by atoms with Crippen LogP contribution < -0.4 is 16.2 Å². The Morgan fingerprint density at radius 2 is 1.76 bits per heavy atom. The first kappa shape index (κ1) is 11.1. The summed E-state index contributed by atoms with van der Waals surface area (Å²) in [6, 6.07) is 12.2. The van der Waals surface area contributed by atoms with E-state index in [1.807, 2.05) is 24.3 Å². The number of phenolic OH excluding ortho intramolecular Hbond substituents is 1. The zero-order valence-corrected chi connectivity index (χ0v) is 9.26. The second-order valence-corrected chi connectivity index (χ2v) is 3.76. The molecule has 0 amide bonds. The molecule has 0 spiro atoms. The van der Waals surface area contributed by atoms with Gasteiger partial charge in [0.25, 0.3) is 0 Å². The second-order valence-electron chi connectivity index (χ2n) is 3.76. The molecule has 0 aromatic heterocycles. The maximum atomic E-state index is 9.59. The van der Waals surface area contributed by atoms with Gasteiger partial charge >= 0.3 is 0 Å². The van der Waals surface area contributed by atoms with Crippen molar-refractivity contribution in [3.05, 3.63) is 48.0 Å². The molecule has 0 aliphatic rings. The summed E-state index contributed by atoms with van der Waals surface area (Å²) in [6.45, 7) is 0.350. The summed E-state index contributed by atoms with van der Waals surface area (Å²) in [5.41, 5.74) is 13.3. The highest BCUT2D eigenvalue weighted by Crippen LogP contribution is 2.28. The third-order valence-corrected chi connectivity index (χ3v) is 2.33. The molecule has 2 rings (SSSR count). The third kappa shape index (κ3) is 2.81. The van der Waals surface area contributed by atoms with Crippen LogP contribution in [0.4, 0.5) is 11.4 Å². The molecular weight excluding hydrogens is 216 g/mol. The van der Waals surface area contributed by atoms with Crippen molar-refractivity contribution in [3.8, 4) is 11.5 Å². The molecule has 88 valence electrons. The zero-order chi connectivity index (χ0) is 12.3. The van der Waals surface area contributed by atoms with E-state index in [2.05, 4.69) is 0 Å². The predicted octanol–water partition coefficient (Wildman–Crippen LogP) is 2.14. The molecule has 2 aromatic rings. The van der Waals surface area contributed by atoms with Gasteiger partial charge in [0.15, 0.2) is 11.5 Å². The lowest BCUT2D eigenvalue weighted by Gasteiger charge is -2.08. The Kier molecular flexibility index (Phi) is 3.05. The van der Waals surface area contributed by atoms with Crippen molar-refractivity contribution in [3.63, 3.8) is 0 Å². The average molecular weight is 230 g/mol. The fraction of sp³-hybridized carbons (Fsp3) is 0.0769. The van der Waals surface area contributed by atoms with Crippen LogP contribution in [0.1, 0.15) is 5.56 Å². The van der Waals surface area contributed by atoms with E-state index in [9.17, 15) is 5.11 Å². The van der Waals surface area contributed by atoms with Crippen LogP contribution >= 0.6 is 0 Å². The van der Waals surface area contributed by atoms with Crippen LogP contribution in [0.5, 0.6) is 11.5 Å². The summed E-state index contributed by atoms with van der Waals surface area (Å²) in [5.74, 6) is 0.440. The Labute approximate surface area is 99.4 Å². The standard InChI is InChI=1S/C13H14N2O2/c14-10-3-1-2-9(6-10)8-17-13-5-4-11(15)7-12(13)16/h1-7,16H,8,14-15H2. The summed E-state index contributed by atoms with van der Waals surface area (Å²) < 4.78 is 5.47. The van der Waals surface area contributed by atoms with Crippen LogP contribution in [-0.2, 0) is 6.61 Å². The van der Waals surface area contributed by atoms with Gasteiger partial charge in [0.05, 0.1) is 0 Å². The van der Waals surface area contributed by atoms with Gasteiger partial charge in [-0.15, -0.1) is 0 Å². The van der Waals surface area contributed by atoms with Crippen molar-refractivity contribution in [2.24, 2.45) is 0 Å². The number of anilines is 2. The number of nitrogen functional groups attached to an aromatic ring is 2. The minimum absolute atomic E-state index is 0.0360. The van der Waals surface area contributed by atoms with Crippen LogP contribution in [-0.4, -0.2) is 5.11 Å². The van der Waals surface area contributed by atoms with Crippen molar-refractivity contribution < 1.29 is 9.84 Å². The maximum Gasteiger partial charge on any atom is 0.161 e. The van der Waals surface area contributed by atoms with Crippen molar-refractivity contribution in [1.29, 1.82) is 0 Å². The molecule has 0 bridgehead atoms. The van der Waals surface area contributed by atoms with Crippen LogP contribution in [0.15, 0.2) is 42.5 Å². The van der Waals surface area contributed by atoms with Crippen LogP contribution in [0.25, 0.3) is 0 Å². The van der Waals surface area contributed by atoms with E-state index in [4.69, 9.17) is 16.2 Å². The monoisotopic (exact) mass is 230 g/mol.